The standard InChI is InChI=1S/C15H13Cl2N3O3/c1-9(14(22)20-15-18-5-2-6-19-15)23-13(21)7-10-3-4-11(16)8-12(10)17/h2-6,8-9H,7H2,1H3,(H,18,19,20,22). The molecule has 0 bridgehead atoms. The normalized spacial score (nSPS) is 11.6. The van der Waals surface area contributed by atoms with Crippen LogP contribution in [0, 0.1) is 0 Å². The van der Waals surface area contributed by atoms with Gasteiger partial charge in [-0.2, -0.15) is 0 Å². The van der Waals surface area contributed by atoms with Gasteiger partial charge in [0.1, 0.15) is 0 Å². The van der Waals surface area contributed by atoms with E-state index in [4.69, 9.17) is 27.9 Å². The highest BCUT2D eigenvalue weighted by atomic mass is 35.5. The second-order valence-electron chi connectivity index (χ2n) is 4.61. The number of rotatable bonds is 5. The summed E-state index contributed by atoms with van der Waals surface area (Å²) in [6, 6.07) is 6.41. The van der Waals surface area contributed by atoms with Crippen molar-refractivity contribution in [2.45, 2.75) is 19.4 Å². The summed E-state index contributed by atoms with van der Waals surface area (Å²) in [6.07, 6.45) is 1.93. The van der Waals surface area contributed by atoms with Crippen LogP contribution in [0.5, 0.6) is 0 Å². The number of benzene rings is 1. The highest BCUT2D eigenvalue weighted by Gasteiger charge is 2.19. The van der Waals surface area contributed by atoms with Gasteiger partial charge in [0.25, 0.3) is 5.91 Å². The third-order valence-electron chi connectivity index (χ3n) is 2.83. The zero-order chi connectivity index (χ0) is 16.8. The Morgan fingerprint density at radius 2 is 1.96 bits per heavy atom. The van der Waals surface area contributed by atoms with E-state index in [1.54, 1.807) is 18.2 Å². The van der Waals surface area contributed by atoms with Gasteiger partial charge in [-0.3, -0.25) is 14.9 Å². The monoisotopic (exact) mass is 353 g/mol. The molecule has 1 unspecified atom stereocenters. The number of anilines is 1. The Balaban J connectivity index is 1.90. The van der Waals surface area contributed by atoms with Crippen molar-refractivity contribution >= 4 is 41.0 Å². The highest BCUT2D eigenvalue weighted by Crippen LogP contribution is 2.21. The van der Waals surface area contributed by atoms with E-state index in [0.29, 0.717) is 15.6 Å². The molecule has 120 valence electrons. The van der Waals surface area contributed by atoms with Crippen molar-refractivity contribution in [3.8, 4) is 0 Å². The average molecular weight is 354 g/mol. The molecule has 0 radical (unpaired) electrons. The Morgan fingerprint density at radius 3 is 2.61 bits per heavy atom. The molecular weight excluding hydrogens is 341 g/mol. The minimum absolute atomic E-state index is 0.0601. The van der Waals surface area contributed by atoms with Crippen molar-refractivity contribution in [1.29, 1.82) is 0 Å². The number of esters is 1. The second-order valence-corrected chi connectivity index (χ2v) is 5.45. The van der Waals surface area contributed by atoms with Crippen molar-refractivity contribution in [1.82, 2.24) is 9.97 Å². The number of nitrogens with zero attached hydrogens (tertiary/aromatic N) is 2. The predicted molar refractivity (Wildman–Crippen MR) is 86.4 cm³/mol. The first-order valence-electron chi connectivity index (χ1n) is 6.67. The maximum absolute atomic E-state index is 11.9. The molecule has 0 saturated carbocycles. The van der Waals surface area contributed by atoms with Crippen molar-refractivity contribution in [3.63, 3.8) is 0 Å². The molecule has 8 heteroatoms. The SMILES string of the molecule is CC(OC(=O)Cc1ccc(Cl)cc1Cl)C(=O)Nc1ncccn1. The van der Waals surface area contributed by atoms with Crippen molar-refractivity contribution < 1.29 is 14.3 Å². The first kappa shape index (κ1) is 17.2. The first-order valence-corrected chi connectivity index (χ1v) is 7.42. The van der Waals surface area contributed by atoms with Gasteiger partial charge in [-0.25, -0.2) is 9.97 Å². The zero-order valence-electron chi connectivity index (χ0n) is 12.1. The van der Waals surface area contributed by atoms with Gasteiger partial charge >= 0.3 is 5.97 Å². The smallest absolute Gasteiger partial charge is 0.311 e. The molecule has 23 heavy (non-hydrogen) atoms. The van der Waals surface area contributed by atoms with E-state index >= 15 is 0 Å². The van der Waals surface area contributed by atoms with Gasteiger partial charge in [0.15, 0.2) is 6.10 Å². The summed E-state index contributed by atoms with van der Waals surface area (Å²) in [5, 5.41) is 3.29. The molecule has 2 aromatic rings. The van der Waals surface area contributed by atoms with E-state index in [-0.39, 0.29) is 12.4 Å². The topological polar surface area (TPSA) is 81.2 Å². The number of halogens is 2. The van der Waals surface area contributed by atoms with Gasteiger partial charge in [-0.15, -0.1) is 0 Å². The third kappa shape index (κ3) is 5.19. The number of hydrogen-bond donors (Lipinski definition) is 1. The van der Waals surface area contributed by atoms with Gasteiger partial charge in [0.05, 0.1) is 6.42 Å². The van der Waals surface area contributed by atoms with E-state index < -0.39 is 18.0 Å². The Kier molecular flexibility index (Phi) is 5.90. The molecule has 0 aliphatic carbocycles. The lowest BCUT2D eigenvalue weighted by Gasteiger charge is -2.13. The molecule has 1 aromatic heterocycles. The van der Waals surface area contributed by atoms with Crippen LogP contribution in [-0.2, 0) is 20.7 Å². The quantitative estimate of drug-likeness (QED) is 0.835. The Morgan fingerprint density at radius 1 is 1.26 bits per heavy atom. The maximum atomic E-state index is 11.9. The van der Waals surface area contributed by atoms with Crippen molar-refractivity contribution in [2.75, 3.05) is 5.32 Å². The van der Waals surface area contributed by atoms with Crippen LogP contribution in [0.3, 0.4) is 0 Å². The Bertz CT molecular complexity index is 710. The number of amides is 1. The zero-order valence-corrected chi connectivity index (χ0v) is 13.6. The van der Waals surface area contributed by atoms with E-state index in [1.165, 1.54) is 25.4 Å². The molecule has 0 aliphatic rings. The van der Waals surface area contributed by atoms with Crippen molar-refractivity contribution in [2.24, 2.45) is 0 Å². The number of nitrogens with one attached hydrogen (secondary N) is 1. The molecule has 0 saturated heterocycles. The van der Waals surface area contributed by atoms with Crippen LogP contribution >= 0.6 is 23.2 Å². The summed E-state index contributed by atoms with van der Waals surface area (Å²) in [6.45, 7) is 1.46. The van der Waals surface area contributed by atoms with E-state index in [0.717, 1.165) is 0 Å². The summed E-state index contributed by atoms with van der Waals surface area (Å²) >= 11 is 11.8. The molecular formula is C15H13Cl2N3O3. The van der Waals surface area contributed by atoms with Gasteiger partial charge < -0.3 is 4.74 Å². The summed E-state index contributed by atoms with van der Waals surface area (Å²) in [5.41, 5.74) is 0.570. The lowest BCUT2D eigenvalue weighted by atomic mass is 10.1. The third-order valence-corrected chi connectivity index (χ3v) is 3.42. The maximum Gasteiger partial charge on any atom is 0.311 e. The van der Waals surface area contributed by atoms with Crippen LogP contribution in [-0.4, -0.2) is 27.9 Å². The number of ether oxygens (including phenoxy) is 1. The van der Waals surface area contributed by atoms with E-state index in [1.807, 2.05) is 0 Å². The van der Waals surface area contributed by atoms with Gasteiger partial charge in [-0.1, -0.05) is 29.3 Å². The average Bonchev–Trinajstić information content (AvgIpc) is 2.51. The van der Waals surface area contributed by atoms with Gasteiger partial charge in [-0.05, 0) is 30.7 Å². The largest absolute Gasteiger partial charge is 0.452 e. The molecule has 1 amide bonds. The van der Waals surface area contributed by atoms with Crippen molar-refractivity contribution in [3.05, 3.63) is 52.3 Å². The number of hydrogen-bond acceptors (Lipinski definition) is 5. The fraction of sp³-hybridized carbons (Fsp3) is 0.200. The summed E-state index contributed by atoms with van der Waals surface area (Å²) in [5.74, 6) is -0.959. The lowest BCUT2D eigenvalue weighted by Crippen LogP contribution is -2.31. The summed E-state index contributed by atoms with van der Waals surface area (Å²) in [4.78, 5) is 31.5. The minimum atomic E-state index is -0.989. The Hall–Kier alpha value is -2.18. The molecule has 0 aliphatic heterocycles. The van der Waals surface area contributed by atoms with E-state index in [9.17, 15) is 9.59 Å². The van der Waals surface area contributed by atoms with Crippen LogP contribution in [0.25, 0.3) is 0 Å². The molecule has 1 aromatic carbocycles. The molecule has 0 spiro atoms. The molecule has 1 N–H and O–H groups in total. The molecule has 1 heterocycles. The number of aromatic nitrogens is 2. The lowest BCUT2D eigenvalue weighted by molar-refractivity contribution is -0.152. The molecule has 6 nitrogen and oxygen atoms in total. The molecule has 1 atom stereocenters. The molecule has 2 rings (SSSR count). The summed E-state index contributed by atoms with van der Waals surface area (Å²) < 4.78 is 5.08. The number of carbonyl (C=O) groups excluding carboxylic acids is 2. The van der Waals surface area contributed by atoms with Gasteiger partial charge in [0, 0.05) is 22.4 Å². The first-order chi connectivity index (χ1) is 11.0. The van der Waals surface area contributed by atoms with Crippen LogP contribution in [0.1, 0.15) is 12.5 Å². The predicted octanol–water partition coefficient (Wildman–Crippen LogP) is 2.90. The van der Waals surface area contributed by atoms with Crippen LogP contribution < -0.4 is 5.32 Å². The number of carbonyl (C=O) groups is 2. The van der Waals surface area contributed by atoms with Crippen LogP contribution in [0.2, 0.25) is 10.0 Å². The molecule has 0 fully saturated rings. The highest BCUT2D eigenvalue weighted by molar-refractivity contribution is 6.35. The fourth-order valence-corrected chi connectivity index (χ4v) is 2.16. The van der Waals surface area contributed by atoms with E-state index in [2.05, 4.69) is 15.3 Å². The second kappa shape index (κ2) is 7.89. The fourth-order valence-electron chi connectivity index (χ4n) is 1.69. The van der Waals surface area contributed by atoms with Crippen LogP contribution in [0.4, 0.5) is 5.95 Å². The van der Waals surface area contributed by atoms with Crippen LogP contribution in [0.15, 0.2) is 36.7 Å². The Labute approximate surface area is 142 Å². The summed E-state index contributed by atoms with van der Waals surface area (Å²) in [7, 11) is 0. The van der Waals surface area contributed by atoms with Gasteiger partial charge in [0.2, 0.25) is 5.95 Å². The minimum Gasteiger partial charge on any atom is -0.452 e.